The monoisotopic (exact) mass is 583 g/mol. The van der Waals surface area contributed by atoms with E-state index in [0.29, 0.717) is 22.4 Å². The van der Waals surface area contributed by atoms with Crippen LogP contribution in [0.3, 0.4) is 0 Å². The molecule has 2 aromatic carbocycles. The first-order valence-electron chi connectivity index (χ1n) is 15.8. The zero-order valence-electron chi connectivity index (χ0n) is 25.3. The summed E-state index contributed by atoms with van der Waals surface area (Å²) in [4.78, 5) is 23.2. The number of methoxy groups -OCH3 is 1. The Balaban J connectivity index is 1.20. The van der Waals surface area contributed by atoms with E-state index >= 15 is 0 Å². The maximum Gasteiger partial charge on any atom is 0.342 e. The van der Waals surface area contributed by atoms with Gasteiger partial charge in [-0.05, 0) is 74.7 Å². The molecular weight excluding hydrogens is 546 g/mol. The van der Waals surface area contributed by atoms with Crippen LogP contribution in [0.5, 0.6) is 0 Å². The van der Waals surface area contributed by atoms with Crippen molar-refractivity contribution in [2.75, 3.05) is 7.11 Å². The molecule has 5 aromatic rings. The first-order valence-corrected chi connectivity index (χ1v) is 15.8. The molecule has 4 saturated carbocycles. The normalized spacial score (nSPS) is 23.6. The second kappa shape index (κ2) is 10.6. The molecule has 4 bridgehead atoms. The summed E-state index contributed by atoms with van der Waals surface area (Å²) >= 11 is 0. The van der Waals surface area contributed by atoms with E-state index in [-0.39, 0.29) is 0 Å². The van der Waals surface area contributed by atoms with Gasteiger partial charge in [0.25, 0.3) is 0 Å². The highest BCUT2D eigenvalue weighted by Gasteiger charge is 2.51. The Morgan fingerprint density at radius 2 is 1.50 bits per heavy atom. The van der Waals surface area contributed by atoms with Crippen molar-refractivity contribution in [2.45, 2.75) is 52.0 Å². The van der Waals surface area contributed by atoms with E-state index in [2.05, 4.69) is 35.9 Å². The first-order chi connectivity index (χ1) is 21.5. The minimum absolute atomic E-state index is 0.364. The lowest BCUT2D eigenvalue weighted by Crippen LogP contribution is -2.48. The fourth-order valence-electron chi connectivity index (χ4n) is 8.92. The molecule has 0 spiro atoms. The van der Waals surface area contributed by atoms with Crippen LogP contribution in [-0.4, -0.2) is 38.0 Å². The van der Waals surface area contributed by atoms with E-state index in [1.807, 2.05) is 59.3 Å². The zero-order valence-corrected chi connectivity index (χ0v) is 25.3. The molecule has 0 radical (unpaired) electrons. The molecule has 44 heavy (non-hydrogen) atoms. The maximum absolute atomic E-state index is 13.4. The van der Waals surface area contributed by atoms with Crippen molar-refractivity contribution in [2.24, 2.45) is 28.2 Å². The quantitative estimate of drug-likeness (QED) is 0.146. The number of carbonyl (C=O) groups excluding carboxylic acids is 1. The van der Waals surface area contributed by atoms with Crippen LogP contribution in [0.15, 0.2) is 90.3 Å². The van der Waals surface area contributed by atoms with E-state index in [4.69, 9.17) is 19.8 Å². The molecule has 4 aliphatic rings. The van der Waals surface area contributed by atoms with Crippen molar-refractivity contribution in [1.82, 2.24) is 19.2 Å². The second-order valence-electron chi connectivity index (χ2n) is 13.3. The Labute approximate surface area is 257 Å². The number of ether oxygens (including phenoxy) is 1. The van der Waals surface area contributed by atoms with Crippen LogP contribution in [0.1, 0.15) is 65.7 Å². The molecule has 0 aliphatic heterocycles. The summed E-state index contributed by atoms with van der Waals surface area (Å²) in [5, 5.41) is 4.90. The summed E-state index contributed by atoms with van der Waals surface area (Å²) in [6, 6.07) is 22.2. The molecule has 3 aromatic heterocycles. The van der Waals surface area contributed by atoms with E-state index in [9.17, 15) is 4.79 Å². The minimum atomic E-state index is -0.425. The molecule has 0 unspecified atom stereocenters. The number of hydrogen-bond acceptors (Lipinski definition) is 5. The van der Waals surface area contributed by atoms with Crippen molar-refractivity contribution in [3.63, 3.8) is 0 Å². The molecule has 222 valence electrons. The number of rotatable bonds is 7. The van der Waals surface area contributed by atoms with Crippen molar-refractivity contribution in [1.29, 1.82) is 0 Å². The Morgan fingerprint density at radius 1 is 0.886 bits per heavy atom. The summed E-state index contributed by atoms with van der Waals surface area (Å²) in [5.74, 6) is 2.89. The fourth-order valence-corrected chi connectivity index (χ4v) is 8.92. The summed E-state index contributed by atoms with van der Waals surface area (Å²) < 4.78 is 9.39. The van der Waals surface area contributed by atoms with Gasteiger partial charge in [-0.1, -0.05) is 60.7 Å². The molecule has 9 rings (SSSR count). The number of aromatic nitrogens is 4. The number of hydrogen-bond donors (Lipinski definition) is 0. The third-order valence-electron chi connectivity index (χ3n) is 10.4. The Kier molecular flexibility index (Phi) is 6.51. The lowest BCUT2D eigenvalue weighted by Gasteiger charge is -2.56. The molecule has 7 heteroatoms. The lowest BCUT2D eigenvalue weighted by atomic mass is 9.49. The number of carbonyl (C=O) groups is 1. The largest absolute Gasteiger partial charge is 0.465 e. The molecule has 0 atom stereocenters. The van der Waals surface area contributed by atoms with Gasteiger partial charge < -0.3 is 4.74 Å². The van der Waals surface area contributed by atoms with Gasteiger partial charge in [0.05, 0.1) is 25.2 Å². The Bertz CT molecular complexity index is 1810. The highest BCUT2D eigenvalue weighted by molar-refractivity contribution is 6.14. The average Bonchev–Trinajstić information content (AvgIpc) is 3.61. The van der Waals surface area contributed by atoms with Gasteiger partial charge in [0.1, 0.15) is 5.56 Å². The van der Waals surface area contributed by atoms with Crippen LogP contribution in [0.2, 0.25) is 0 Å². The molecule has 4 fully saturated rings. The van der Waals surface area contributed by atoms with Crippen molar-refractivity contribution in [3.05, 3.63) is 108 Å². The molecule has 0 saturated heterocycles. The van der Waals surface area contributed by atoms with Crippen molar-refractivity contribution in [3.8, 4) is 11.1 Å². The molecular formula is C37H37N5O2. The topological polar surface area (TPSA) is 73.8 Å². The number of pyridine rings is 1. The number of benzene rings is 2. The molecule has 7 nitrogen and oxygen atoms in total. The number of nitrogens with zero attached hydrogens (tertiary/aromatic N) is 5. The van der Waals surface area contributed by atoms with Gasteiger partial charge in [-0.15, -0.1) is 0 Å². The molecule has 4 aliphatic carbocycles. The van der Waals surface area contributed by atoms with E-state index < -0.39 is 5.97 Å². The summed E-state index contributed by atoms with van der Waals surface area (Å²) in [6.45, 7) is 3.09. The van der Waals surface area contributed by atoms with Gasteiger partial charge in [0.15, 0.2) is 11.5 Å². The number of aliphatic imine (C=N–C) groups is 1. The molecule has 3 heterocycles. The average molecular weight is 584 g/mol. The van der Waals surface area contributed by atoms with Crippen LogP contribution < -0.4 is 0 Å². The fraction of sp³-hybridized carbons (Fsp3) is 0.351. The van der Waals surface area contributed by atoms with Gasteiger partial charge in [-0.25, -0.2) is 14.8 Å². The minimum Gasteiger partial charge on any atom is -0.465 e. The third-order valence-corrected chi connectivity index (χ3v) is 10.4. The zero-order chi connectivity index (χ0) is 29.8. The van der Waals surface area contributed by atoms with Gasteiger partial charge in [0.2, 0.25) is 0 Å². The highest BCUT2D eigenvalue weighted by Crippen LogP contribution is 2.60. The highest BCUT2D eigenvalue weighted by atomic mass is 16.5. The van der Waals surface area contributed by atoms with E-state index in [1.165, 1.54) is 45.6 Å². The van der Waals surface area contributed by atoms with Crippen molar-refractivity contribution >= 4 is 23.1 Å². The van der Waals surface area contributed by atoms with Crippen LogP contribution in [0, 0.1) is 30.1 Å². The van der Waals surface area contributed by atoms with E-state index in [1.54, 1.807) is 6.20 Å². The van der Waals surface area contributed by atoms with Gasteiger partial charge in [-0.2, -0.15) is 5.10 Å². The standard InChI is InChI=1S/C37H37N5O2/c1-24-31(21-39-42(24)23-37-18-25-15-26(19-37)17-27(16-25)20-37)30-13-14-41-32(22-38-35(41)33(30)36(43)44-2)40-34(28-9-5-3-6-10-28)29-11-7-4-8-12-29/h3-14,21-22,25-27H,15-20,23H2,1-2H3. The van der Waals surface area contributed by atoms with Crippen LogP contribution in [0.25, 0.3) is 16.8 Å². The first kappa shape index (κ1) is 27.1. The molecule has 0 N–H and O–H groups in total. The molecule has 0 amide bonds. The van der Waals surface area contributed by atoms with Crippen molar-refractivity contribution < 1.29 is 9.53 Å². The number of esters is 1. The van der Waals surface area contributed by atoms with Crippen LogP contribution >= 0.6 is 0 Å². The third kappa shape index (κ3) is 4.57. The Hall–Kier alpha value is -4.52. The number of imidazole rings is 1. The number of fused-ring (bicyclic) bond motifs is 1. The second-order valence-corrected chi connectivity index (χ2v) is 13.3. The maximum atomic E-state index is 13.4. The predicted octanol–water partition coefficient (Wildman–Crippen LogP) is 7.68. The lowest BCUT2D eigenvalue weighted by molar-refractivity contribution is -0.0638. The van der Waals surface area contributed by atoms with Crippen LogP contribution in [-0.2, 0) is 11.3 Å². The smallest absolute Gasteiger partial charge is 0.342 e. The SMILES string of the molecule is COC(=O)c1c(-c2cnn(CC34CC5CC(CC(C5)C3)C4)c2C)ccn2c(N=C(c3ccccc3)c3ccccc3)cnc12. The van der Waals surface area contributed by atoms with Gasteiger partial charge in [0, 0.05) is 40.7 Å². The van der Waals surface area contributed by atoms with Gasteiger partial charge >= 0.3 is 5.97 Å². The van der Waals surface area contributed by atoms with E-state index in [0.717, 1.165) is 58.0 Å². The Morgan fingerprint density at radius 3 is 2.09 bits per heavy atom. The summed E-state index contributed by atoms with van der Waals surface area (Å²) in [7, 11) is 1.42. The predicted molar refractivity (Wildman–Crippen MR) is 171 cm³/mol. The van der Waals surface area contributed by atoms with Gasteiger partial charge in [-0.3, -0.25) is 9.08 Å². The van der Waals surface area contributed by atoms with Crippen LogP contribution in [0.4, 0.5) is 5.82 Å². The summed E-state index contributed by atoms with van der Waals surface area (Å²) in [5.41, 5.74) is 6.95. The summed E-state index contributed by atoms with van der Waals surface area (Å²) in [6.07, 6.45) is 13.9.